The lowest BCUT2D eigenvalue weighted by Gasteiger charge is -2.46. The molecular formula is C32H30N2O4S4. The maximum atomic E-state index is 12.7. The van der Waals surface area contributed by atoms with E-state index in [1.807, 2.05) is 23.5 Å². The van der Waals surface area contributed by atoms with Gasteiger partial charge in [-0.3, -0.25) is 9.59 Å². The molecule has 10 atom stereocenters. The highest BCUT2D eigenvalue weighted by molar-refractivity contribution is 8.00. The summed E-state index contributed by atoms with van der Waals surface area (Å²) in [5, 5.41) is 3.14. The van der Waals surface area contributed by atoms with Gasteiger partial charge in [-0.2, -0.15) is 0 Å². The van der Waals surface area contributed by atoms with Crippen molar-refractivity contribution in [2.24, 2.45) is 35.5 Å². The smallest absolute Gasteiger partial charge is 0.305 e. The Morgan fingerprint density at radius 2 is 1.17 bits per heavy atom. The average molecular weight is 635 g/mol. The molecule has 42 heavy (non-hydrogen) atoms. The van der Waals surface area contributed by atoms with E-state index >= 15 is 0 Å². The van der Waals surface area contributed by atoms with Crippen LogP contribution in [0.3, 0.4) is 0 Å². The Morgan fingerprint density at radius 1 is 0.643 bits per heavy atom. The molecule has 0 amide bonds. The quantitative estimate of drug-likeness (QED) is 0.262. The Balaban J connectivity index is 1.14. The minimum atomic E-state index is 0.0506. The SMILES string of the molecule is COc1ccc([C@H]2c3sc(=O)[nH]c3S[C@@H]3[C@H]4C[C@@H]([C@@H]5C[C@@H]6Sc7[nH]c(=O)sc7[C@@H](c7ccc(OC)cc7)[C@H]6[C@H]45)[C@@H]23)cc1. The number of ether oxygens (including phenoxy) is 2. The van der Waals surface area contributed by atoms with E-state index in [2.05, 4.69) is 58.5 Å². The van der Waals surface area contributed by atoms with Crippen molar-refractivity contribution in [1.82, 2.24) is 9.97 Å². The van der Waals surface area contributed by atoms with E-state index in [0.717, 1.165) is 21.6 Å². The first-order chi connectivity index (χ1) is 20.5. The molecule has 0 saturated heterocycles. The molecule has 10 heteroatoms. The van der Waals surface area contributed by atoms with Crippen molar-refractivity contribution in [1.29, 1.82) is 0 Å². The van der Waals surface area contributed by atoms with Crippen molar-refractivity contribution >= 4 is 46.2 Å². The van der Waals surface area contributed by atoms with Crippen LogP contribution < -0.4 is 19.2 Å². The van der Waals surface area contributed by atoms with Gasteiger partial charge in [0.2, 0.25) is 0 Å². The molecule has 4 heterocycles. The van der Waals surface area contributed by atoms with E-state index in [-0.39, 0.29) is 21.6 Å². The molecule has 9 rings (SSSR count). The summed E-state index contributed by atoms with van der Waals surface area (Å²) in [7, 11) is 3.42. The zero-order valence-electron chi connectivity index (χ0n) is 23.1. The summed E-state index contributed by atoms with van der Waals surface area (Å²) in [6.07, 6.45) is 2.47. The van der Waals surface area contributed by atoms with Gasteiger partial charge in [-0.1, -0.05) is 46.9 Å². The molecule has 0 spiro atoms. The number of methoxy groups -OCH3 is 2. The molecule has 216 valence electrons. The van der Waals surface area contributed by atoms with Gasteiger partial charge in [0.05, 0.1) is 24.3 Å². The van der Waals surface area contributed by atoms with Crippen molar-refractivity contribution in [2.45, 2.75) is 45.2 Å². The molecule has 0 unspecified atom stereocenters. The number of thiazole rings is 2. The van der Waals surface area contributed by atoms with Gasteiger partial charge in [-0.25, -0.2) is 0 Å². The Morgan fingerprint density at radius 3 is 1.74 bits per heavy atom. The number of aromatic nitrogens is 2. The zero-order chi connectivity index (χ0) is 28.3. The molecule has 3 saturated carbocycles. The number of benzene rings is 2. The average Bonchev–Trinajstić information content (AvgIpc) is 3.81. The zero-order valence-corrected chi connectivity index (χ0v) is 26.3. The normalized spacial score (nSPS) is 35.2. The van der Waals surface area contributed by atoms with E-state index in [1.165, 1.54) is 56.4 Å². The maximum absolute atomic E-state index is 12.7. The topological polar surface area (TPSA) is 84.2 Å². The standard InChI is InChI=1S/C32H30N2O4S4/c1-37-15-7-3-13(4-8-15)21-24-17-11-19(26(24)40-30-27(21)41-32(36)34-30)23-18(17)12-20-25(23)22(14-5-9-16(38-2)10-6-14)28-29(39-20)33-31(35)42-28/h3-10,17-26H,11-12H2,1-2H3,(H,33,35)(H,34,36)/t17-,18-,19-,20-,21+,22-,23-,24-,25-,26+/m0/s1. The molecule has 2 N–H and O–H groups in total. The Hall–Kier alpha value is -2.40. The van der Waals surface area contributed by atoms with Gasteiger partial charge in [0.1, 0.15) is 11.5 Å². The lowest BCUT2D eigenvalue weighted by atomic mass is 9.65. The third-order valence-electron chi connectivity index (χ3n) is 10.8. The molecule has 2 aliphatic heterocycles. The molecule has 3 fully saturated rings. The Labute approximate surface area is 259 Å². The van der Waals surface area contributed by atoms with Gasteiger partial charge in [-0.15, -0.1) is 23.5 Å². The number of aromatic amines is 2. The summed E-state index contributed by atoms with van der Waals surface area (Å²) in [4.78, 5) is 34.2. The van der Waals surface area contributed by atoms with Crippen LogP contribution in [0.4, 0.5) is 0 Å². The minimum Gasteiger partial charge on any atom is -0.497 e. The Bertz CT molecular complexity index is 1790. The highest BCUT2D eigenvalue weighted by Gasteiger charge is 2.68. The lowest BCUT2D eigenvalue weighted by Crippen LogP contribution is -2.42. The molecule has 3 aliphatic carbocycles. The number of rotatable bonds is 4. The van der Waals surface area contributed by atoms with Crippen LogP contribution in [-0.4, -0.2) is 34.7 Å². The van der Waals surface area contributed by atoms with Crippen LogP contribution in [0, 0.1) is 35.5 Å². The number of nitrogens with one attached hydrogen (secondary N) is 2. The van der Waals surface area contributed by atoms with Crippen molar-refractivity contribution in [3.8, 4) is 11.5 Å². The molecule has 4 aromatic rings. The van der Waals surface area contributed by atoms with Crippen molar-refractivity contribution in [3.05, 3.63) is 88.7 Å². The van der Waals surface area contributed by atoms with Gasteiger partial charge < -0.3 is 19.4 Å². The van der Waals surface area contributed by atoms with Crippen LogP contribution in [0.5, 0.6) is 11.5 Å². The minimum absolute atomic E-state index is 0.0506. The largest absolute Gasteiger partial charge is 0.497 e. The van der Waals surface area contributed by atoms with Gasteiger partial charge in [0.15, 0.2) is 0 Å². The van der Waals surface area contributed by atoms with Crippen LogP contribution in [0.1, 0.15) is 45.6 Å². The second-order valence-electron chi connectivity index (χ2n) is 12.4. The summed E-state index contributed by atoms with van der Waals surface area (Å²) in [6, 6.07) is 17.1. The predicted octanol–water partition coefficient (Wildman–Crippen LogP) is 6.63. The summed E-state index contributed by atoms with van der Waals surface area (Å²) in [6.45, 7) is 0. The number of H-pyrrole nitrogens is 2. The van der Waals surface area contributed by atoms with Crippen molar-refractivity contribution < 1.29 is 9.47 Å². The van der Waals surface area contributed by atoms with E-state index in [4.69, 9.17) is 9.47 Å². The fourth-order valence-corrected chi connectivity index (χ4v) is 15.2. The van der Waals surface area contributed by atoms with Gasteiger partial charge in [0, 0.05) is 32.1 Å². The third kappa shape index (κ3) is 3.64. The predicted molar refractivity (Wildman–Crippen MR) is 169 cm³/mol. The number of fused-ring (bicyclic) bond motifs is 12. The number of thioether (sulfide) groups is 2. The second kappa shape index (κ2) is 9.55. The van der Waals surface area contributed by atoms with Gasteiger partial charge in [0.25, 0.3) is 0 Å². The fraction of sp³-hybridized carbons (Fsp3) is 0.438. The number of hydrogen-bond donors (Lipinski definition) is 2. The van der Waals surface area contributed by atoms with Gasteiger partial charge in [-0.05, 0) is 83.7 Å². The van der Waals surface area contributed by atoms with Gasteiger partial charge >= 0.3 is 9.75 Å². The van der Waals surface area contributed by atoms with Crippen molar-refractivity contribution in [2.75, 3.05) is 14.2 Å². The van der Waals surface area contributed by atoms with Crippen LogP contribution in [0.25, 0.3) is 0 Å². The van der Waals surface area contributed by atoms with Crippen LogP contribution >= 0.6 is 46.2 Å². The second-order valence-corrected chi connectivity index (χ2v) is 16.8. The van der Waals surface area contributed by atoms with E-state index in [1.54, 1.807) is 14.2 Å². The van der Waals surface area contributed by atoms with Crippen LogP contribution in [-0.2, 0) is 0 Å². The van der Waals surface area contributed by atoms with E-state index in [9.17, 15) is 9.59 Å². The Kier molecular flexibility index (Phi) is 5.92. The van der Waals surface area contributed by atoms with E-state index < -0.39 is 0 Å². The molecule has 5 aliphatic rings. The van der Waals surface area contributed by atoms with Crippen molar-refractivity contribution in [3.63, 3.8) is 0 Å². The molecule has 2 aromatic heterocycles. The molecule has 2 aromatic carbocycles. The number of hydrogen-bond acceptors (Lipinski definition) is 8. The molecule has 0 radical (unpaired) electrons. The first-order valence-corrected chi connectivity index (χ1v) is 18.0. The monoisotopic (exact) mass is 634 g/mol. The summed E-state index contributed by atoms with van der Waals surface area (Å²) in [5.74, 6) is 5.70. The van der Waals surface area contributed by atoms with Crippen LogP contribution in [0.2, 0.25) is 0 Å². The van der Waals surface area contributed by atoms with Crippen LogP contribution in [0.15, 0.2) is 68.2 Å². The molecule has 2 bridgehead atoms. The third-order valence-corrected chi connectivity index (χ3v) is 15.9. The summed E-state index contributed by atoms with van der Waals surface area (Å²) < 4.78 is 11.0. The lowest BCUT2D eigenvalue weighted by molar-refractivity contribution is 0.148. The molecular weight excluding hydrogens is 605 g/mol. The summed E-state index contributed by atoms with van der Waals surface area (Å²) >= 11 is 6.70. The highest BCUT2D eigenvalue weighted by Crippen LogP contribution is 2.74. The maximum Gasteiger partial charge on any atom is 0.305 e. The first kappa shape index (κ1) is 26.0. The van der Waals surface area contributed by atoms with E-state index in [0.29, 0.717) is 46.0 Å². The molecule has 6 nitrogen and oxygen atoms in total. The summed E-state index contributed by atoms with van der Waals surface area (Å²) in [5.41, 5.74) is 2.59. The first-order valence-electron chi connectivity index (χ1n) is 14.6. The highest BCUT2D eigenvalue weighted by atomic mass is 32.2. The fourth-order valence-electron chi connectivity index (χ4n) is 9.56.